The molecule has 2 aromatic rings. The van der Waals surface area contributed by atoms with Crippen molar-refractivity contribution in [2.24, 2.45) is 0 Å². The van der Waals surface area contributed by atoms with Crippen LogP contribution in [0.5, 0.6) is 11.5 Å². The largest absolute Gasteiger partial charge is 0.491 e. The van der Waals surface area contributed by atoms with Crippen LogP contribution in [-0.2, 0) is 9.53 Å². The van der Waals surface area contributed by atoms with Crippen molar-refractivity contribution in [1.82, 2.24) is 16.2 Å². The van der Waals surface area contributed by atoms with Crippen LogP contribution in [0.2, 0.25) is 5.02 Å². The second-order valence-electron chi connectivity index (χ2n) is 5.77. The van der Waals surface area contributed by atoms with E-state index in [1.54, 1.807) is 48.5 Å². The van der Waals surface area contributed by atoms with Gasteiger partial charge in [-0.3, -0.25) is 25.8 Å². The Balaban J connectivity index is 1.68. The van der Waals surface area contributed by atoms with Crippen LogP contribution in [0.3, 0.4) is 0 Å². The van der Waals surface area contributed by atoms with E-state index in [0.717, 1.165) is 0 Å². The number of hydrogen-bond donors (Lipinski definition) is 3. The lowest BCUT2D eigenvalue weighted by molar-refractivity contribution is -0.123. The van der Waals surface area contributed by atoms with Gasteiger partial charge in [0.25, 0.3) is 11.8 Å². The number of carbonyl (C=O) groups is 2. The molecular formula is C20H22ClN3O5S. The number of amides is 2. The Bertz CT molecular complexity index is 847. The number of thiocarbonyl (C=S) groups is 1. The molecule has 0 radical (unpaired) electrons. The van der Waals surface area contributed by atoms with E-state index >= 15 is 0 Å². The summed E-state index contributed by atoms with van der Waals surface area (Å²) in [6, 6.07) is 13.1. The standard InChI is InChI=1S/C20H22ClN3O5S/c1-2-27-11-12-28-16-7-3-14(4-8-16)19(26)22-20(30)24-23-18(25)13-29-17-9-5-15(21)6-10-17/h3-10H,2,11-13H2,1H3,(H,23,25)(H2,22,24,26,30). The molecule has 0 aliphatic carbocycles. The summed E-state index contributed by atoms with van der Waals surface area (Å²) in [7, 11) is 0. The first kappa shape index (κ1) is 23.4. The molecule has 160 valence electrons. The fourth-order valence-corrected chi connectivity index (χ4v) is 2.38. The van der Waals surface area contributed by atoms with Crippen LogP contribution in [0.4, 0.5) is 0 Å². The number of ether oxygens (including phenoxy) is 3. The Labute approximate surface area is 184 Å². The third kappa shape index (κ3) is 8.64. The van der Waals surface area contributed by atoms with Gasteiger partial charge < -0.3 is 14.2 Å². The van der Waals surface area contributed by atoms with E-state index in [-0.39, 0.29) is 11.7 Å². The molecule has 0 saturated heterocycles. The van der Waals surface area contributed by atoms with E-state index in [4.69, 9.17) is 38.0 Å². The van der Waals surface area contributed by atoms with Gasteiger partial charge in [-0.2, -0.15) is 0 Å². The van der Waals surface area contributed by atoms with Gasteiger partial charge in [0.15, 0.2) is 11.7 Å². The summed E-state index contributed by atoms with van der Waals surface area (Å²) < 4.78 is 16.0. The van der Waals surface area contributed by atoms with Gasteiger partial charge >= 0.3 is 0 Å². The number of hydrazine groups is 1. The molecule has 0 fully saturated rings. The Hall–Kier alpha value is -2.88. The Morgan fingerprint density at radius 3 is 2.23 bits per heavy atom. The van der Waals surface area contributed by atoms with Crippen LogP contribution in [0.15, 0.2) is 48.5 Å². The molecule has 0 spiro atoms. The van der Waals surface area contributed by atoms with Crippen LogP contribution in [0.1, 0.15) is 17.3 Å². The molecule has 2 rings (SSSR count). The maximum Gasteiger partial charge on any atom is 0.276 e. The fraction of sp³-hybridized carbons (Fsp3) is 0.250. The summed E-state index contributed by atoms with van der Waals surface area (Å²) >= 11 is 10.8. The van der Waals surface area contributed by atoms with Crippen LogP contribution in [0.25, 0.3) is 0 Å². The highest BCUT2D eigenvalue weighted by Crippen LogP contribution is 2.15. The first-order valence-corrected chi connectivity index (χ1v) is 9.85. The molecule has 0 aliphatic rings. The molecule has 0 aromatic heterocycles. The SMILES string of the molecule is CCOCCOc1ccc(C(=O)NC(=S)NNC(=O)COc2ccc(Cl)cc2)cc1. The highest BCUT2D eigenvalue weighted by molar-refractivity contribution is 7.80. The minimum absolute atomic E-state index is 0.0584. The van der Waals surface area contributed by atoms with Gasteiger partial charge in [-0.15, -0.1) is 0 Å². The summed E-state index contributed by atoms with van der Waals surface area (Å²) in [5.74, 6) is 0.214. The maximum absolute atomic E-state index is 12.2. The molecular weight excluding hydrogens is 430 g/mol. The lowest BCUT2D eigenvalue weighted by Crippen LogP contribution is -2.49. The van der Waals surface area contributed by atoms with Gasteiger partial charge in [0.05, 0.1) is 6.61 Å². The van der Waals surface area contributed by atoms with Crippen molar-refractivity contribution in [3.63, 3.8) is 0 Å². The molecule has 0 unspecified atom stereocenters. The molecule has 0 bridgehead atoms. The third-order valence-electron chi connectivity index (χ3n) is 3.54. The van der Waals surface area contributed by atoms with Crippen molar-refractivity contribution >= 4 is 40.7 Å². The molecule has 0 atom stereocenters. The number of hydrogen-bond acceptors (Lipinski definition) is 6. The lowest BCUT2D eigenvalue weighted by Gasteiger charge is -2.12. The number of halogens is 1. The van der Waals surface area contributed by atoms with Crippen LogP contribution in [0, 0.1) is 0 Å². The average Bonchev–Trinajstić information content (AvgIpc) is 2.75. The Morgan fingerprint density at radius 1 is 0.933 bits per heavy atom. The maximum atomic E-state index is 12.2. The number of nitrogens with one attached hydrogen (secondary N) is 3. The van der Waals surface area contributed by atoms with Crippen molar-refractivity contribution in [2.45, 2.75) is 6.92 Å². The second-order valence-corrected chi connectivity index (χ2v) is 6.61. The van der Waals surface area contributed by atoms with E-state index in [2.05, 4.69) is 16.2 Å². The molecule has 30 heavy (non-hydrogen) atoms. The average molecular weight is 452 g/mol. The van der Waals surface area contributed by atoms with E-state index in [1.807, 2.05) is 6.92 Å². The zero-order chi connectivity index (χ0) is 21.8. The molecule has 2 aromatic carbocycles. The zero-order valence-corrected chi connectivity index (χ0v) is 17.8. The van der Waals surface area contributed by atoms with Gasteiger partial charge in [-0.05, 0) is 67.7 Å². The number of rotatable bonds is 9. The quantitative estimate of drug-likeness (QED) is 0.306. The molecule has 0 aliphatic heterocycles. The zero-order valence-electron chi connectivity index (χ0n) is 16.3. The highest BCUT2D eigenvalue weighted by Gasteiger charge is 2.09. The molecule has 3 N–H and O–H groups in total. The predicted molar refractivity (Wildman–Crippen MR) is 117 cm³/mol. The third-order valence-corrected chi connectivity index (χ3v) is 4.00. The molecule has 8 nitrogen and oxygen atoms in total. The topological polar surface area (TPSA) is 97.9 Å². The summed E-state index contributed by atoms with van der Waals surface area (Å²) in [5, 5.41) is 2.97. The predicted octanol–water partition coefficient (Wildman–Crippen LogP) is 2.47. The van der Waals surface area contributed by atoms with E-state index < -0.39 is 11.8 Å². The Morgan fingerprint density at radius 2 is 1.57 bits per heavy atom. The Kier molecular flexibility index (Phi) is 9.85. The van der Waals surface area contributed by atoms with Crippen LogP contribution in [-0.4, -0.2) is 43.4 Å². The number of carbonyl (C=O) groups excluding carboxylic acids is 2. The van der Waals surface area contributed by atoms with Gasteiger partial charge in [-0.1, -0.05) is 11.6 Å². The van der Waals surface area contributed by atoms with Crippen molar-refractivity contribution in [3.8, 4) is 11.5 Å². The smallest absolute Gasteiger partial charge is 0.276 e. The minimum atomic E-state index is -0.477. The van der Waals surface area contributed by atoms with Crippen molar-refractivity contribution in [3.05, 3.63) is 59.1 Å². The monoisotopic (exact) mass is 451 g/mol. The van der Waals surface area contributed by atoms with E-state index in [1.165, 1.54) is 0 Å². The molecule has 0 saturated carbocycles. The van der Waals surface area contributed by atoms with Crippen LogP contribution < -0.4 is 25.6 Å². The first-order valence-electron chi connectivity index (χ1n) is 9.07. The summed E-state index contributed by atoms with van der Waals surface area (Å²) in [5.41, 5.74) is 5.16. The lowest BCUT2D eigenvalue weighted by atomic mass is 10.2. The van der Waals surface area contributed by atoms with E-state index in [9.17, 15) is 9.59 Å². The van der Waals surface area contributed by atoms with Gasteiger partial charge in [0.1, 0.15) is 18.1 Å². The van der Waals surface area contributed by atoms with Crippen molar-refractivity contribution in [1.29, 1.82) is 0 Å². The molecule has 10 heteroatoms. The second kappa shape index (κ2) is 12.6. The van der Waals surface area contributed by atoms with Gasteiger partial charge in [0.2, 0.25) is 0 Å². The van der Waals surface area contributed by atoms with E-state index in [0.29, 0.717) is 41.9 Å². The number of benzene rings is 2. The fourth-order valence-electron chi connectivity index (χ4n) is 2.11. The van der Waals surface area contributed by atoms with Crippen molar-refractivity contribution in [2.75, 3.05) is 26.4 Å². The highest BCUT2D eigenvalue weighted by atomic mass is 35.5. The first-order chi connectivity index (χ1) is 14.5. The van der Waals surface area contributed by atoms with Crippen molar-refractivity contribution < 1.29 is 23.8 Å². The van der Waals surface area contributed by atoms with Crippen LogP contribution >= 0.6 is 23.8 Å². The summed E-state index contributed by atoms with van der Waals surface area (Å²) in [4.78, 5) is 24.0. The molecule has 0 heterocycles. The summed E-state index contributed by atoms with van der Waals surface area (Å²) in [6.45, 7) is 3.22. The van der Waals surface area contributed by atoms with Gasteiger partial charge in [-0.25, -0.2) is 0 Å². The van der Waals surface area contributed by atoms with Gasteiger partial charge in [0, 0.05) is 17.2 Å². The normalized spacial score (nSPS) is 10.1. The summed E-state index contributed by atoms with van der Waals surface area (Å²) in [6.07, 6.45) is 0. The molecule has 2 amide bonds. The minimum Gasteiger partial charge on any atom is -0.491 e.